The molecule has 0 atom stereocenters. The topological polar surface area (TPSA) is 38.9 Å². The Labute approximate surface area is 104 Å². The van der Waals surface area contributed by atoms with E-state index in [-0.39, 0.29) is 5.13 Å². The highest BCUT2D eigenvalue weighted by Crippen LogP contribution is 2.30. The van der Waals surface area contributed by atoms with Gasteiger partial charge in [-0.2, -0.15) is 0 Å². The van der Waals surface area contributed by atoms with Gasteiger partial charge in [0.2, 0.25) is 0 Å². The normalized spacial score (nSPS) is 9.12. The molecule has 0 saturated carbocycles. The van der Waals surface area contributed by atoms with E-state index in [0.29, 0.717) is 15.8 Å². The first-order chi connectivity index (χ1) is 8.09. The van der Waals surface area contributed by atoms with Crippen molar-refractivity contribution in [1.29, 1.82) is 0 Å². The molecule has 2 rings (SSSR count). The van der Waals surface area contributed by atoms with Gasteiger partial charge in [0.05, 0.1) is 10.2 Å². The maximum atomic E-state index is 13.1. The van der Waals surface area contributed by atoms with Crippen molar-refractivity contribution in [2.24, 2.45) is 0 Å². The Hall–Kier alpha value is -1.23. The van der Waals surface area contributed by atoms with Gasteiger partial charge in [0, 0.05) is 11.6 Å². The molecule has 1 heterocycles. The Morgan fingerprint density at radius 3 is 2.18 bits per heavy atom. The van der Waals surface area contributed by atoms with E-state index >= 15 is 0 Å². The zero-order chi connectivity index (χ0) is 13.6. The van der Waals surface area contributed by atoms with Crippen LogP contribution in [0.1, 0.15) is 33.3 Å². The first kappa shape index (κ1) is 15.8. The molecule has 0 fully saturated rings. The fourth-order valence-corrected chi connectivity index (χ4v) is 1.95. The smallest absolute Gasteiger partial charge is 0.181 e. The SMILES string of the molecule is CC.CC.Cc1c(F)cc(F)c2sc(N)nc12. The summed E-state index contributed by atoms with van der Waals surface area (Å²) in [5, 5.41) is 0.252. The molecule has 0 aliphatic rings. The molecule has 0 amide bonds. The van der Waals surface area contributed by atoms with Gasteiger partial charge in [0.25, 0.3) is 0 Å². The first-order valence-electron chi connectivity index (χ1n) is 5.60. The number of halogens is 2. The lowest BCUT2D eigenvalue weighted by Crippen LogP contribution is -1.87. The van der Waals surface area contributed by atoms with Crippen molar-refractivity contribution in [3.05, 3.63) is 23.3 Å². The van der Waals surface area contributed by atoms with Gasteiger partial charge in [-0.05, 0) is 6.92 Å². The maximum Gasteiger partial charge on any atom is 0.181 e. The summed E-state index contributed by atoms with van der Waals surface area (Å²) in [7, 11) is 0. The third-order valence-corrected chi connectivity index (χ3v) is 2.72. The number of hydrogen-bond donors (Lipinski definition) is 1. The second-order valence-electron chi connectivity index (χ2n) is 2.70. The van der Waals surface area contributed by atoms with Crippen molar-refractivity contribution in [2.75, 3.05) is 5.73 Å². The third-order valence-electron chi connectivity index (χ3n) is 1.83. The van der Waals surface area contributed by atoms with Crippen LogP contribution in [0.15, 0.2) is 6.07 Å². The van der Waals surface area contributed by atoms with Crippen LogP contribution in [0.2, 0.25) is 0 Å². The number of nitrogens with two attached hydrogens (primary N) is 1. The molecular formula is C12H18F2N2S. The maximum absolute atomic E-state index is 13.1. The number of anilines is 1. The summed E-state index contributed by atoms with van der Waals surface area (Å²) >= 11 is 1.03. The summed E-state index contributed by atoms with van der Waals surface area (Å²) in [6.45, 7) is 9.55. The van der Waals surface area contributed by atoms with Crippen LogP contribution in [0.3, 0.4) is 0 Å². The second kappa shape index (κ2) is 7.17. The van der Waals surface area contributed by atoms with Crippen molar-refractivity contribution in [1.82, 2.24) is 4.98 Å². The Morgan fingerprint density at radius 2 is 1.65 bits per heavy atom. The Morgan fingerprint density at radius 1 is 1.12 bits per heavy atom. The van der Waals surface area contributed by atoms with Crippen LogP contribution in [0.5, 0.6) is 0 Å². The van der Waals surface area contributed by atoms with Crippen LogP contribution in [0.25, 0.3) is 10.2 Å². The molecule has 96 valence electrons. The van der Waals surface area contributed by atoms with E-state index < -0.39 is 11.6 Å². The van der Waals surface area contributed by atoms with Gasteiger partial charge in [0.15, 0.2) is 5.13 Å². The molecule has 1 aromatic carbocycles. The number of hydrogen-bond acceptors (Lipinski definition) is 3. The molecule has 0 saturated heterocycles. The predicted molar refractivity (Wildman–Crippen MR) is 71.4 cm³/mol. The van der Waals surface area contributed by atoms with Crippen molar-refractivity contribution in [3.8, 4) is 0 Å². The van der Waals surface area contributed by atoms with Crippen LogP contribution in [-0.2, 0) is 0 Å². The Kier molecular flexibility index (Phi) is 6.65. The second-order valence-corrected chi connectivity index (χ2v) is 3.73. The van der Waals surface area contributed by atoms with Crippen molar-refractivity contribution >= 4 is 26.7 Å². The van der Waals surface area contributed by atoms with E-state index in [1.807, 2.05) is 27.7 Å². The largest absolute Gasteiger partial charge is 0.375 e. The van der Waals surface area contributed by atoms with Crippen LogP contribution in [0, 0.1) is 18.6 Å². The van der Waals surface area contributed by atoms with Gasteiger partial charge in [-0.15, -0.1) is 0 Å². The number of thiazole rings is 1. The van der Waals surface area contributed by atoms with Crippen molar-refractivity contribution in [2.45, 2.75) is 34.6 Å². The van der Waals surface area contributed by atoms with Gasteiger partial charge < -0.3 is 5.73 Å². The van der Waals surface area contributed by atoms with Crippen LogP contribution in [0.4, 0.5) is 13.9 Å². The molecule has 0 unspecified atom stereocenters. The molecule has 5 heteroatoms. The van der Waals surface area contributed by atoms with E-state index in [1.54, 1.807) is 6.92 Å². The fourth-order valence-electron chi connectivity index (χ4n) is 1.15. The zero-order valence-corrected chi connectivity index (χ0v) is 11.6. The van der Waals surface area contributed by atoms with Crippen LogP contribution >= 0.6 is 11.3 Å². The summed E-state index contributed by atoms with van der Waals surface area (Å²) in [6, 6.07) is 0.856. The zero-order valence-electron chi connectivity index (χ0n) is 10.8. The molecule has 2 aromatic rings. The van der Waals surface area contributed by atoms with E-state index in [4.69, 9.17) is 5.73 Å². The monoisotopic (exact) mass is 260 g/mol. The number of aromatic nitrogens is 1. The first-order valence-corrected chi connectivity index (χ1v) is 6.42. The van der Waals surface area contributed by atoms with E-state index in [9.17, 15) is 8.78 Å². The summed E-state index contributed by atoms with van der Waals surface area (Å²) < 4.78 is 26.4. The average molecular weight is 260 g/mol. The number of rotatable bonds is 0. The third kappa shape index (κ3) is 3.36. The van der Waals surface area contributed by atoms with E-state index in [0.717, 1.165) is 17.4 Å². The number of nitrogens with zero attached hydrogens (tertiary/aromatic N) is 1. The standard InChI is InChI=1S/C8H6F2N2S.2C2H6/c1-3-4(9)2-5(10)7-6(3)12-8(11)13-7;2*1-2/h2H,1H3,(H2,11,12);2*1-2H3. The predicted octanol–water partition coefficient (Wildman–Crippen LogP) is 4.52. The van der Waals surface area contributed by atoms with Gasteiger partial charge >= 0.3 is 0 Å². The summed E-state index contributed by atoms with van der Waals surface area (Å²) in [5.41, 5.74) is 6.05. The average Bonchev–Trinajstić information content (AvgIpc) is 2.74. The summed E-state index contributed by atoms with van der Waals surface area (Å²) in [6.07, 6.45) is 0. The Balaban J connectivity index is 0.000000581. The van der Waals surface area contributed by atoms with Gasteiger partial charge in [-0.1, -0.05) is 39.0 Å². The fraction of sp³-hybridized carbons (Fsp3) is 0.417. The van der Waals surface area contributed by atoms with Crippen LogP contribution in [-0.4, -0.2) is 4.98 Å². The number of nitrogen functional groups attached to an aromatic ring is 1. The number of fused-ring (bicyclic) bond motifs is 1. The van der Waals surface area contributed by atoms with Crippen LogP contribution < -0.4 is 5.73 Å². The molecule has 0 aliphatic carbocycles. The Bertz CT molecular complexity index is 481. The highest BCUT2D eigenvalue weighted by atomic mass is 32.1. The van der Waals surface area contributed by atoms with Gasteiger partial charge in [-0.3, -0.25) is 0 Å². The lowest BCUT2D eigenvalue weighted by atomic mass is 10.2. The quantitative estimate of drug-likeness (QED) is 0.756. The minimum Gasteiger partial charge on any atom is -0.375 e. The lowest BCUT2D eigenvalue weighted by molar-refractivity contribution is 0.587. The molecule has 1 aromatic heterocycles. The molecule has 0 bridgehead atoms. The summed E-state index contributed by atoms with van der Waals surface area (Å²) in [5.74, 6) is -1.19. The molecule has 0 radical (unpaired) electrons. The molecule has 2 N–H and O–H groups in total. The minimum absolute atomic E-state index is 0.252. The molecule has 0 aliphatic heterocycles. The van der Waals surface area contributed by atoms with Crippen molar-refractivity contribution < 1.29 is 8.78 Å². The number of benzene rings is 1. The van der Waals surface area contributed by atoms with E-state index in [2.05, 4.69) is 4.98 Å². The minimum atomic E-state index is -0.604. The van der Waals surface area contributed by atoms with E-state index in [1.165, 1.54) is 0 Å². The molecule has 0 spiro atoms. The highest BCUT2D eigenvalue weighted by Gasteiger charge is 2.12. The summed E-state index contributed by atoms with van der Waals surface area (Å²) in [4.78, 5) is 3.85. The molecule has 17 heavy (non-hydrogen) atoms. The van der Waals surface area contributed by atoms with Gasteiger partial charge in [-0.25, -0.2) is 13.8 Å². The van der Waals surface area contributed by atoms with Gasteiger partial charge in [0.1, 0.15) is 11.6 Å². The lowest BCUT2D eigenvalue weighted by Gasteiger charge is -1.97. The van der Waals surface area contributed by atoms with Crippen molar-refractivity contribution in [3.63, 3.8) is 0 Å². The number of aryl methyl sites for hydroxylation is 1. The molecular weight excluding hydrogens is 242 g/mol. The molecule has 2 nitrogen and oxygen atoms in total. The highest BCUT2D eigenvalue weighted by molar-refractivity contribution is 7.22.